The fraction of sp³-hybridized carbons (Fsp3) is 0.423. The van der Waals surface area contributed by atoms with Gasteiger partial charge in [0.15, 0.2) is 0 Å². The SMILES string of the molecule is Cc1cc2c(=O)n(C)c(N3CCC(C)(C)CC3)nc2c(C(C)Nc2ccccc2C(=O)O)c1F. The van der Waals surface area contributed by atoms with Gasteiger partial charge in [0, 0.05) is 31.4 Å². The van der Waals surface area contributed by atoms with Gasteiger partial charge < -0.3 is 15.3 Å². The van der Waals surface area contributed by atoms with Crippen molar-refractivity contribution in [2.75, 3.05) is 23.3 Å². The summed E-state index contributed by atoms with van der Waals surface area (Å²) >= 11 is 0. The molecule has 1 atom stereocenters. The highest BCUT2D eigenvalue weighted by molar-refractivity contribution is 5.94. The van der Waals surface area contributed by atoms with Crippen LogP contribution in [0.5, 0.6) is 0 Å². The van der Waals surface area contributed by atoms with Crippen LogP contribution >= 0.6 is 0 Å². The zero-order chi connectivity index (χ0) is 24.8. The molecule has 2 heterocycles. The second-order valence-corrected chi connectivity index (χ2v) is 9.96. The van der Waals surface area contributed by atoms with Gasteiger partial charge in [0.1, 0.15) is 5.82 Å². The van der Waals surface area contributed by atoms with Crippen molar-refractivity contribution < 1.29 is 14.3 Å². The van der Waals surface area contributed by atoms with E-state index < -0.39 is 17.8 Å². The maximum Gasteiger partial charge on any atom is 0.337 e. The third-order valence-electron chi connectivity index (χ3n) is 6.86. The smallest absolute Gasteiger partial charge is 0.337 e. The lowest BCUT2D eigenvalue weighted by atomic mass is 9.83. The second kappa shape index (κ2) is 8.74. The average Bonchev–Trinajstić information content (AvgIpc) is 2.78. The Labute approximate surface area is 198 Å². The molecule has 0 spiro atoms. The summed E-state index contributed by atoms with van der Waals surface area (Å²) < 4.78 is 17.1. The Balaban J connectivity index is 1.85. The molecule has 1 aromatic heterocycles. The average molecular weight is 467 g/mol. The van der Waals surface area contributed by atoms with Gasteiger partial charge in [0.2, 0.25) is 5.95 Å². The predicted octanol–water partition coefficient (Wildman–Crippen LogP) is 4.88. The minimum absolute atomic E-state index is 0.0900. The number of benzene rings is 2. The number of anilines is 2. The zero-order valence-electron chi connectivity index (χ0n) is 20.3. The Morgan fingerprint density at radius 3 is 2.53 bits per heavy atom. The molecular formula is C26H31FN4O3. The number of fused-ring (bicyclic) bond motifs is 1. The van der Waals surface area contributed by atoms with Crippen molar-refractivity contribution in [1.82, 2.24) is 9.55 Å². The molecule has 34 heavy (non-hydrogen) atoms. The van der Waals surface area contributed by atoms with E-state index in [0.717, 1.165) is 25.9 Å². The van der Waals surface area contributed by atoms with E-state index in [9.17, 15) is 14.7 Å². The summed E-state index contributed by atoms with van der Waals surface area (Å²) in [5.74, 6) is -1.00. The number of aryl methyl sites for hydroxylation is 1. The molecule has 0 amide bonds. The third-order valence-corrected chi connectivity index (χ3v) is 6.86. The van der Waals surface area contributed by atoms with E-state index >= 15 is 4.39 Å². The molecule has 7 nitrogen and oxygen atoms in total. The normalized spacial score (nSPS) is 16.5. The van der Waals surface area contributed by atoms with Gasteiger partial charge in [-0.15, -0.1) is 0 Å². The van der Waals surface area contributed by atoms with Crippen molar-refractivity contribution in [2.45, 2.75) is 46.6 Å². The summed E-state index contributed by atoms with van der Waals surface area (Å²) in [4.78, 5) is 31.9. The summed E-state index contributed by atoms with van der Waals surface area (Å²) in [5, 5.41) is 13.0. The van der Waals surface area contributed by atoms with Gasteiger partial charge >= 0.3 is 5.97 Å². The van der Waals surface area contributed by atoms with Crippen LogP contribution in [0.25, 0.3) is 10.9 Å². The van der Waals surface area contributed by atoms with Crippen LogP contribution < -0.4 is 15.8 Å². The quantitative estimate of drug-likeness (QED) is 0.557. The lowest BCUT2D eigenvalue weighted by Gasteiger charge is -2.38. The maximum absolute atomic E-state index is 15.5. The molecule has 1 unspecified atom stereocenters. The molecule has 1 saturated heterocycles. The van der Waals surface area contributed by atoms with Crippen LogP contribution in [-0.2, 0) is 7.05 Å². The highest BCUT2D eigenvalue weighted by Gasteiger charge is 2.29. The zero-order valence-corrected chi connectivity index (χ0v) is 20.3. The number of nitrogens with zero attached hydrogens (tertiary/aromatic N) is 3. The number of aromatic carboxylic acids is 1. The molecule has 2 N–H and O–H groups in total. The number of para-hydroxylation sites is 1. The van der Waals surface area contributed by atoms with Crippen LogP contribution in [0, 0.1) is 18.2 Å². The first-order valence-corrected chi connectivity index (χ1v) is 11.5. The number of nitrogens with one attached hydrogen (secondary N) is 1. The summed E-state index contributed by atoms with van der Waals surface area (Å²) in [6.07, 6.45) is 1.94. The Hall–Kier alpha value is -3.42. The van der Waals surface area contributed by atoms with Crippen LogP contribution in [0.3, 0.4) is 0 Å². The largest absolute Gasteiger partial charge is 0.478 e. The second-order valence-electron chi connectivity index (χ2n) is 9.96. The summed E-state index contributed by atoms with van der Waals surface area (Å²) in [7, 11) is 1.70. The summed E-state index contributed by atoms with van der Waals surface area (Å²) in [6, 6.07) is 7.41. The van der Waals surface area contributed by atoms with E-state index in [0.29, 0.717) is 28.1 Å². The van der Waals surface area contributed by atoms with Gasteiger partial charge in [-0.05, 0) is 55.9 Å². The van der Waals surface area contributed by atoms with Crippen LogP contribution in [0.15, 0.2) is 35.1 Å². The lowest BCUT2D eigenvalue weighted by molar-refractivity contribution is 0.0698. The topological polar surface area (TPSA) is 87.5 Å². The van der Waals surface area contributed by atoms with Crippen LogP contribution in [0.4, 0.5) is 16.0 Å². The number of aromatic nitrogens is 2. The molecule has 3 aromatic rings. The molecule has 1 aliphatic heterocycles. The van der Waals surface area contributed by atoms with E-state index in [1.807, 2.05) is 0 Å². The van der Waals surface area contributed by atoms with Crippen molar-refractivity contribution in [3.63, 3.8) is 0 Å². The first-order valence-electron chi connectivity index (χ1n) is 11.5. The van der Waals surface area contributed by atoms with Crippen molar-refractivity contribution in [2.24, 2.45) is 12.5 Å². The monoisotopic (exact) mass is 466 g/mol. The fourth-order valence-electron chi connectivity index (χ4n) is 4.63. The lowest BCUT2D eigenvalue weighted by Crippen LogP contribution is -2.40. The number of rotatable bonds is 5. The van der Waals surface area contributed by atoms with E-state index in [2.05, 4.69) is 24.1 Å². The van der Waals surface area contributed by atoms with E-state index in [-0.39, 0.29) is 22.1 Å². The van der Waals surface area contributed by atoms with Gasteiger partial charge in [0.25, 0.3) is 5.56 Å². The van der Waals surface area contributed by atoms with E-state index in [4.69, 9.17) is 4.98 Å². The first kappa shape index (κ1) is 23.7. The first-order chi connectivity index (χ1) is 16.0. The number of hydrogen-bond acceptors (Lipinski definition) is 5. The number of hydrogen-bond donors (Lipinski definition) is 2. The van der Waals surface area contributed by atoms with Crippen LogP contribution in [0.2, 0.25) is 0 Å². The Kier molecular flexibility index (Phi) is 6.10. The van der Waals surface area contributed by atoms with Crippen LogP contribution in [0.1, 0.15) is 61.1 Å². The van der Waals surface area contributed by atoms with Gasteiger partial charge in [-0.1, -0.05) is 26.0 Å². The van der Waals surface area contributed by atoms with Gasteiger partial charge in [-0.25, -0.2) is 14.2 Å². The molecule has 0 bridgehead atoms. The standard InChI is InChI=1S/C26H31FN4O3/c1-15-14-18-22(29-25(30(5)23(18)32)31-12-10-26(3,4)11-13-31)20(21(15)27)16(2)28-19-9-7-6-8-17(19)24(33)34/h6-9,14,16,28H,10-13H2,1-5H3,(H,33,34). The summed E-state index contributed by atoms with van der Waals surface area (Å²) in [6.45, 7) is 9.37. The van der Waals surface area contributed by atoms with E-state index in [1.165, 1.54) is 6.07 Å². The minimum atomic E-state index is -1.08. The number of carboxylic acid groups (broad SMARTS) is 1. The van der Waals surface area contributed by atoms with Crippen molar-refractivity contribution in [3.05, 3.63) is 63.2 Å². The van der Waals surface area contributed by atoms with Crippen molar-refractivity contribution in [1.29, 1.82) is 0 Å². The highest BCUT2D eigenvalue weighted by Crippen LogP contribution is 2.34. The molecule has 2 aromatic carbocycles. The number of piperidine rings is 1. The van der Waals surface area contributed by atoms with Gasteiger partial charge in [0.05, 0.1) is 22.5 Å². The molecule has 1 aliphatic rings. The Morgan fingerprint density at radius 1 is 1.24 bits per heavy atom. The highest BCUT2D eigenvalue weighted by atomic mass is 19.1. The third kappa shape index (κ3) is 4.24. The molecule has 0 radical (unpaired) electrons. The fourth-order valence-corrected chi connectivity index (χ4v) is 4.63. The maximum atomic E-state index is 15.5. The Bertz CT molecular complexity index is 1320. The van der Waals surface area contributed by atoms with Gasteiger partial charge in [-0.2, -0.15) is 0 Å². The Morgan fingerprint density at radius 2 is 1.88 bits per heavy atom. The van der Waals surface area contributed by atoms with Crippen molar-refractivity contribution in [3.8, 4) is 0 Å². The molecule has 8 heteroatoms. The minimum Gasteiger partial charge on any atom is -0.478 e. The molecule has 0 aliphatic carbocycles. The molecule has 180 valence electrons. The number of halogens is 1. The number of carboxylic acids is 1. The molecular weight excluding hydrogens is 435 g/mol. The molecule has 0 saturated carbocycles. The molecule has 1 fully saturated rings. The number of carbonyl (C=O) groups is 1. The summed E-state index contributed by atoms with van der Waals surface area (Å²) in [5.41, 5.74) is 1.37. The molecule has 4 rings (SSSR count). The van der Waals surface area contributed by atoms with Gasteiger partial charge in [-0.3, -0.25) is 9.36 Å². The van der Waals surface area contributed by atoms with Crippen LogP contribution in [-0.4, -0.2) is 33.7 Å². The van der Waals surface area contributed by atoms with Crippen molar-refractivity contribution >= 4 is 28.5 Å². The predicted molar refractivity (Wildman–Crippen MR) is 132 cm³/mol. The van der Waals surface area contributed by atoms with E-state index in [1.54, 1.807) is 49.7 Å².